The number of hydrogen-bond acceptors (Lipinski definition) is 3. The van der Waals surface area contributed by atoms with Crippen molar-refractivity contribution < 1.29 is 4.74 Å². The van der Waals surface area contributed by atoms with Crippen LogP contribution in [-0.4, -0.2) is 30.6 Å². The number of aromatic nitrogens is 1. The topological polar surface area (TPSA) is 25.4 Å². The van der Waals surface area contributed by atoms with E-state index in [1.165, 1.54) is 5.56 Å². The highest BCUT2D eigenvalue weighted by Crippen LogP contribution is 2.24. The summed E-state index contributed by atoms with van der Waals surface area (Å²) in [6, 6.07) is 9.91. The van der Waals surface area contributed by atoms with Gasteiger partial charge in [-0.1, -0.05) is 24.6 Å². The largest absolute Gasteiger partial charge is 0.497 e. The molecule has 118 valence electrons. The molecule has 2 rings (SSSR count). The van der Waals surface area contributed by atoms with E-state index in [0.29, 0.717) is 5.92 Å². The Bertz CT molecular complexity index is 589. The van der Waals surface area contributed by atoms with Gasteiger partial charge in [0.15, 0.2) is 0 Å². The highest BCUT2D eigenvalue weighted by Gasteiger charge is 2.11. The number of hydrogen-bond donors (Lipinski definition) is 0. The van der Waals surface area contributed by atoms with Crippen LogP contribution in [0.5, 0.6) is 5.75 Å². The zero-order chi connectivity index (χ0) is 15.9. The highest BCUT2D eigenvalue weighted by molar-refractivity contribution is 6.31. The smallest absolute Gasteiger partial charge is 0.119 e. The molecule has 0 aliphatic heterocycles. The summed E-state index contributed by atoms with van der Waals surface area (Å²) < 4.78 is 5.28. The van der Waals surface area contributed by atoms with Crippen molar-refractivity contribution in [2.24, 2.45) is 5.92 Å². The predicted octanol–water partition coefficient (Wildman–Crippen LogP) is 4.05. The molecule has 0 saturated heterocycles. The molecule has 22 heavy (non-hydrogen) atoms. The van der Waals surface area contributed by atoms with Crippen molar-refractivity contribution in [2.45, 2.75) is 19.9 Å². The van der Waals surface area contributed by atoms with Crippen molar-refractivity contribution in [1.82, 2.24) is 9.88 Å². The Labute approximate surface area is 137 Å². The first kappa shape index (κ1) is 16.8. The van der Waals surface area contributed by atoms with Gasteiger partial charge in [-0.05, 0) is 54.8 Å². The van der Waals surface area contributed by atoms with Gasteiger partial charge < -0.3 is 9.64 Å². The van der Waals surface area contributed by atoms with E-state index in [1.807, 2.05) is 30.5 Å². The van der Waals surface area contributed by atoms with Crippen LogP contribution in [0.15, 0.2) is 42.7 Å². The van der Waals surface area contributed by atoms with Crippen molar-refractivity contribution in [3.63, 3.8) is 0 Å². The standard InChI is InChI=1S/C18H23ClN2O/c1-14(9-16-10-17(22-3)6-7-18(16)19)12-21(2)13-15-5-4-8-20-11-15/h4-8,10-11,14H,9,12-13H2,1-3H3. The molecule has 1 atom stereocenters. The summed E-state index contributed by atoms with van der Waals surface area (Å²) in [5, 5.41) is 0.808. The van der Waals surface area contributed by atoms with Crippen LogP contribution in [0.2, 0.25) is 5.02 Å². The van der Waals surface area contributed by atoms with Gasteiger partial charge in [0.2, 0.25) is 0 Å². The monoisotopic (exact) mass is 318 g/mol. The van der Waals surface area contributed by atoms with E-state index in [9.17, 15) is 0 Å². The molecular weight excluding hydrogens is 296 g/mol. The normalized spacial score (nSPS) is 12.4. The van der Waals surface area contributed by atoms with Gasteiger partial charge in [-0.2, -0.15) is 0 Å². The highest BCUT2D eigenvalue weighted by atomic mass is 35.5. The molecule has 0 saturated carbocycles. The SMILES string of the molecule is COc1ccc(Cl)c(CC(C)CN(C)Cc2cccnc2)c1. The number of rotatable bonds is 7. The fraction of sp³-hybridized carbons (Fsp3) is 0.389. The molecule has 1 aromatic carbocycles. The van der Waals surface area contributed by atoms with E-state index in [-0.39, 0.29) is 0 Å². The van der Waals surface area contributed by atoms with Crippen LogP contribution in [-0.2, 0) is 13.0 Å². The predicted molar refractivity (Wildman–Crippen MR) is 91.4 cm³/mol. The zero-order valence-corrected chi connectivity index (χ0v) is 14.2. The maximum absolute atomic E-state index is 6.29. The summed E-state index contributed by atoms with van der Waals surface area (Å²) >= 11 is 6.29. The molecule has 0 aliphatic rings. The second-order valence-electron chi connectivity index (χ2n) is 5.82. The Morgan fingerprint density at radius 2 is 2.14 bits per heavy atom. The van der Waals surface area contributed by atoms with E-state index in [1.54, 1.807) is 13.3 Å². The summed E-state index contributed by atoms with van der Waals surface area (Å²) in [6.45, 7) is 4.15. The van der Waals surface area contributed by atoms with Gasteiger partial charge >= 0.3 is 0 Å². The Morgan fingerprint density at radius 3 is 2.82 bits per heavy atom. The first-order valence-corrected chi connectivity index (χ1v) is 7.86. The molecule has 0 radical (unpaired) electrons. The molecule has 0 fully saturated rings. The zero-order valence-electron chi connectivity index (χ0n) is 13.4. The number of methoxy groups -OCH3 is 1. The maximum Gasteiger partial charge on any atom is 0.119 e. The third-order valence-corrected chi connectivity index (χ3v) is 3.99. The Morgan fingerprint density at radius 1 is 1.32 bits per heavy atom. The summed E-state index contributed by atoms with van der Waals surface area (Å²) in [5.41, 5.74) is 2.37. The van der Waals surface area contributed by atoms with Crippen molar-refractivity contribution in [2.75, 3.05) is 20.7 Å². The van der Waals surface area contributed by atoms with Crippen LogP contribution in [0, 0.1) is 5.92 Å². The summed E-state index contributed by atoms with van der Waals surface area (Å²) in [7, 11) is 3.81. The van der Waals surface area contributed by atoms with Gasteiger partial charge in [0.25, 0.3) is 0 Å². The minimum absolute atomic E-state index is 0.506. The molecule has 1 heterocycles. The van der Waals surface area contributed by atoms with Crippen molar-refractivity contribution in [1.29, 1.82) is 0 Å². The van der Waals surface area contributed by atoms with E-state index >= 15 is 0 Å². The van der Waals surface area contributed by atoms with Crippen LogP contribution in [0.1, 0.15) is 18.1 Å². The van der Waals surface area contributed by atoms with E-state index < -0.39 is 0 Å². The molecule has 1 aromatic heterocycles. The second-order valence-corrected chi connectivity index (χ2v) is 6.23. The van der Waals surface area contributed by atoms with Crippen LogP contribution in [0.25, 0.3) is 0 Å². The lowest BCUT2D eigenvalue weighted by molar-refractivity contribution is 0.277. The Balaban J connectivity index is 1.91. The van der Waals surface area contributed by atoms with E-state index in [0.717, 1.165) is 35.8 Å². The number of nitrogens with zero attached hydrogens (tertiary/aromatic N) is 2. The number of pyridine rings is 1. The lowest BCUT2D eigenvalue weighted by Gasteiger charge is -2.22. The van der Waals surface area contributed by atoms with Crippen LogP contribution >= 0.6 is 11.6 Å². The molecule has 3 nitrogen and oxygen atoms in total. The third kappa shape index (κ3) is 5.00. The van der Waals surface area contributed by atoms with Crippen molar-refractivity contribution in [3.05, 3.63) is 58.9 Å². The van der Waals surface area contributed by atoms with Gasteiger partial charge in [-0.3, -0.25) is 4.98 Å². The number of benzene rings is 1. The maximum atomic E-state index is 6.29. The lowest BCUT2D eigenvalue weighted by atomic mass is 10.00. The second kappa shape index (κ2) is 8.16. The molecular formula is C18H23ClN2O. The van der Waals surface area contributed by atoms with Crippen molar-refractivity contribution in [3.8, 4) is 5.75 Å². The average molecular weight is 319 g/mol. The van der Waals surface area contributed by atoms with Gasteiger partial charge in [0.05, 0.1) is 7.11 Å². The Hall–Kier alpha value is -1.58. The summed E-state index contributed by atoms with van der Waals surface area (Å²) in [6.07, 6.45) is 4.66. The lowest BCUT2D eigenvalue weighted by Crippen LogP contribution is -2.25. The quantitative estimate of drug-likeness (QED) is 0.770. The van der Waals surface area contributed by atoms with Gasteiger partial charge in [-0.15, -0.1) is 0 Å². The molecule has 0 spiro atoms. The Kier molecular flexibility index (Phi) is 6.22. The average Bonchev–Trinajstić information content (AvgIpc) is 2.50. The number of halogens is 1. The molecule has 2 aromatic rings. The van der Waals surface area contributed by atoms with Crippen LogP contribution < -0.4 is 4.74 Å². The minimum atomic E-state index is 0.506. The molecule has 4 heteroatoms. The summed E-state index contributed by atoms with van der Waals surface area (Å²) in [4.78, 5) is 6.47. The minimum Gasteiger partial charge on any atom is -0.497 e. The van der Waals surface area contributed by atoms with Crippen LogP contribution in [0.4, 0.5) is 0 Å². The van der Waals surface area contributed by atoms with Gasteiger partial charge in [0, 0.05) is 30.5 Å². The molecule has 0 bridgehead atoms. The fourth-order valence-electron chi connectivity index (χ4n) is 2.67. The van der Waals surface area contributed by atoms with Crippen molar-refractivity contribution >= 4 is 11.6 Å². The summed E-state index contributed by atoms with van der Waals surface area (Å²) in [5.74, 6) is 1.36. The molecule has 0 aliphatic carbocycles. The molecule has 0 N–H and O–H groups in total. The molecule has 0 amide bonds. The molecule has 1 unspecified atom stereocenters. The van der Waals surface area contributed by atoms with Gasteiger partial charge in [0.1, 0.15) is 5.75 Å². The van der Waals surface area contributed by atoms with E-state index in [2.05, 4.69) is 29.9 Å². The van der Waals surface area contributed by atoms with Crippen LogP contribution in [0.3, 0.4) is 0 Å². The fourth-order valence-corrected chi connectivity index (χ4v) is 2.87. The first-order valence-electron chi connectivity index (χ1n) is 7.48. The first-order chi connectivity index (χ1) is 10.6. The van der Waals surface area contributed by atoms with Gasteiger partial charge in [-0.25, -0.2) is 0 Å². The third-order valence-electron chi connectivity index (χ3n) is 3.62. The number of ether oxygens (including phenoxy) is 1. The van der Waals surface area contributed by atoms with E-state index in [4.69, 9.17) is 16.3 Å².